The Balaban J connectivity index is 1.90. The second kappa shape index (κ2) is 9.50. The summed E-state index contributed by atoms with van der Waals surface area (Å²) in [5.41, 5.74) is 2.05. The highest BCUT2D eigenvalue weighted by atomic mass is 32.1. The van der Waals surface area contributed by atoms with Crippen molar-refractivity contribution in [1.29, 1.82) is 0 Å². The van der Waals surface area contributed by atoms with Crippen LogP contribution in [-0.4, -0.2) is 28.1 Å². The maximum absolute atomic E-state index is 12.3. The topological polar surface area (TPSA) is 91.3 Å². The average molecular weight is 390 g/mol. The lowest BCUT2D eigenvalue weighted by atomic mass is 9.93. The van der Waals surface area contributed by atoms with Gasteiger partial charge in [0.1, 0.15) is 5.01 Å². The summed E-state index contributed by atoms with van der Waals surface area (Å²) in [6.07, 6.45) is 0.981. The first-order valence-electron chi connectivity index (χ1n) is 8.99. The maximum atomic E-state index is 12.3. The van der Waals surface area contributed by atoms with Gasteiger partial charge in [-0.05, 0) is 18.4 Å². The van der Waals surface area contributed by atoms with Crippen molar-refractivity contribution in [1.82, 2.24) is 15.6 Å². The fraction of sp³-hybridized carbons (Fsp3) is 0.450. The van der Waals surface area contributed by atoms with Crippen LogP contribution in [0.2, 0.25) is 0 Å². The zero-order valence-electron chi connectivity index (χ0n) is 16.0. The van der Waals surface area contributed by atoms with Crippen LogP contribution in [0, 0.1) is 0 Å². The van der Waals surface area contributed by atoms with E-state index in [1.165, 1.54) is 11.3 Å². The molecule has 1 unspecified atom stereocenters. The standard InChI is InChI=1S/C20H27N3O3S/c1-20(2,3)16-13-27-17(23-16)12-21-19(26)22-15(9-10-18(24)25)11-14-7-5-4-6-8-14/h4-8,13,15H,9-12H2,1-3H3,(H,24,25)(H2,21,22,26). The third-order valence-corrected chi connectivity index (χ3v) is 4.94. The number of nitrogens with zero attached hydrogens (tertiary/aromatic N) is 1. The minimum Gasteiger partial charge on any atom is -0.481 e. The van der Waals surface area contributed by atoms with E-state index in [0.717, 1.165) is 16.3 Å². The molecule has 0 spiro atoms. The molecule has 0 aliphatic carbocycles. The molecule has 3 N–H and O–H groups in total. The van der Waals surface area contributed by atoms with Crippen LogP contribution >= 0.6 is 11.3 Å². The summed E-state index contributed by atoms with van der Waals surface area (Å²) >= 11 is 1.52. The van der Waals surface area contributed by atoms with Gasteiger partial charge < -0.3 is 15.7 Å². The summed E-state index contributed by atoms with van der Waals surface area (Å²) in [6.45, 7) is 6.65. The van der Waals surface area contributed by atoms with Crippen LogP contribution in [0.5, 0.6) is 0 Å². The van der Waals surface area contributed by atoms with Gasteiger partial charge in [-0.2, -0.15) is 0 Å². The van der Waals surface area contributed by atoms with E-state index >= 15 is 0 Å². The third kappa shape index (κ3) is 7.38. The Labute approximate surface area is 164 Å². The highest BCUT2D eigenvalue weighted by molar-refractivity contribution is 7.09. The first-order chi connectivity index (χ1) is 12.7. The summed E-state index contributed by atoms with van der Waals surface area (Å²) < 4.78 is 0. The zero-order chi connectivity index (χ0) is 19.9. The molecule has 146 valence electrons. The number of aliphatic carboxylic acids is 1. The molecule has 0 saturated heterocycles. The highest BCUT2D eigenvalue weighted by Crippen LogP contribution is 2.23. The molecule has 2 amide bonds. The molecule has 27 heavy (non-hydrogen) atoms. The molecule has 0 radical (unpaired) electrons. The molecule has 2 rings (SSSR count). The molecule has 2 aromatic rings. The van der Waals surface area contributed by atoms with Gasteiger partial charge in [-0.25, -0.2) is 9.78 Å². The number of carbonyl (C=O) groups excluding carboxylic acids is 1. The number of carboxylic acid groups (broad SMARTS) is 1. The van der Waals surface area contributed by atoms with Crippen LogP contribution in [0.4, 0.5) is 4.79 Å². The van der Waals surface area contributed by atoms with Crippen LogP contribution in [-0.2, 0) is 23.2 Å². The number of hydrogen-bond acceptors (Lipinski definition) is 4. The summed E-state index contributed by atoms with van der Waals surface area (Å²) in [6, 6.07) is 9.17. The number of carboxylic acids is 1. The van der Waals surface area contributed by atoms with Gasteiger partial charge in [0.2, 0.25) is 0 Å². The number of benzene rings is 1. The average Bonchev–Trinajstić information content (AvgIpc) is 3.08. The van der Waals surface area contributed by atoms with Crippen molar-refractivity contribution in [2.75, 3.05) is 0 Å². The molecule has 1 heterocycles. The fourth-order valence-electron chi connectivity index (χ4n) is 2.55. The van der Waals surface area contributed by atoms with E-state index in [2.05, 4.69) is 36.4 Å². The lowest BCUT2D eigenvalue weighted by molar-refractivity contribution is -0.137. The smallest absolute Gasteiger partial charge is 0.315 e. The first kappa shape index (κ1) is 20.9. The number of amides is 2. The summed E-state index contributed by atoms with van der Waals surface area (Å²) in [4.78, 5) is 27.7. The number of urea groups is 1. The minimum absolute atomic E-state index is 0.0131. The molecule has 1 atom stereocenters. The second-order valence-electron chi connectivity index (χ2n) is 7.52. The van der Waals surface area contributed by atoms with E-state index in [0.29, 0.717) is 19.4 Å². The Hall–Kier alpha value is -2.41. The van der Waals surface area contributed by atoms with Gasteiger partial charge >= 0.3 is 12.0 Å². The van der Waals surface area contributed by atoms with Crippen molar-refractivity contribution >= 4 is 23.3 Å². The SMILES string of the molecule is CC(C)(C)c1csc(CNC(=O)NC(CCC(=O)O)Cc2ccccc2)n1. The Bertz CT molecular complexity index is 753. The molecule has 1 aromatic carbocycles. The van der Waals surface area contributed by atoms with Gasteiger partial charge in [-0.1, -0.05) is 51.1 Å². The lowest BCUT2D eigenvalue weighted by Gasteiger charge is -2.18. The lowest BCUT2D eigenvalue weighted by Crippen LogP contribution is -2.43. The van der Waals surface area contributed by atoms with E-state index < -0.39 is 5.97 Å². The Kier molecular flexibility index (Phi) is 7.36. The third-order valence-electron chi connectivity index (χ3n) is 4.09. The van der Waals surface area contributed by atoms with Crippen molar-refractivity contribution in [3.8, 4) is 0 Å². The molecule has 7 heteroatoms. The number of hydrogen-bond donors (Lipinski definition) is 3. The number of aromatic nitrogens is 1. The molecule has 0 saturated carbocycles. The molecule has 0 fully saturated rings. The summed E-state index contributed by atoms with van der Waals surface area (Å²) in [5.74, 6) is -0.868. The van der Waals surface area contributed by atoms with E-state index in [1.54, 1.807) is 0 Å². The number of carbonyl (C=O) groups is 2. The summed E-state index contributed by atoms with van der Waals surface area (Å²) in [7, 11) is 0. The first-order valence-corrected chi connectivity index (χ1v) is 9.87. The zero-order valence-corrected chi connectivity index (χ0v) is 16.8. The van der Waals surface area contributed by atoms with E-state index in [4.69, 9.17) is 5.11 Å². The van der Waals surface area contributed by atoms with Crippen molar-refractivity contribution < 1.29 is 14.7 Å². The van der Waals surface area contributed by atoms with Crippen LogP contribution in [0.1, 0.15) is 49.9 Å². The van der Waals surface area contributed by atoms with Crippen LogP contribution in [0.15, 0.2) is 35.7 Å². The van der Waals surface area contributed by atoms with Gasteiger partial charge in [0.05, 0.1) is 12.2 Å². The van der Waals surface area contributed by atoms with Crippen LogP contribution in [0.25, 0.3) is 0 Å². The number of nitrogens with one attached hydrogen (secondary N) is 2. The normalized spacial score (nSPS) is 12.4. The molecular formula is C20H27N3O3S. The molecule has 6 nitrogen and oxygen atoms in total. The Morgan fingerprint density at radius 3 is 2.52 bits per heavy atom. The molecular weight excluding hydrogens is 362 g/mol. The van der Waals surface area contributed by atoms with Crippen molar-refractivity contribution in [2.45, 2.75) is 58.0 Å². The highest BCUT2D eigenvalue weighted by Gasteiger charge is 2.18. The van der Waals surface area contributed by atoms with Crippen molar-refractivity contribution in [3.05, 3.63) is 52.0 Å². The van der Waals surface area contributed by atoms with Gasteiger partial charge in [0.15, 0.2) is 0 Å². The van der Waals surface area contributed by atoms with Gasteiger partial charge in [0.25, 0.3) is 0 Å². The predicted molar refractivity (Wildman–Crippen MR) is 107 cm³/mol. The van der Waals surface area contributed by atoms with Crippen LogP contribution < -0.4 is 10.6 Å². The second-order valence-corrected chi connectivity index (χ2v) is 8.47. The largest absolute Gasteiger partial charge is 0.481 e. The van der Waals surface area contributed by atoms with Gasteiger partial charge in [-0.3, -0.25) is 4.79 Å². The van der Waals surface area contributed by atoms with Gasteiger partial charge in [0, 0.05) is 23.3 Å². The van der Waals surface area contributed by atoms with Gasteiger partial charge in [-0.15, -0.1) is 11.3 Å². The monoisotopic (exact) mass is 389 g/mol. The van der Waals surface area contributed by atoms with Crippen molar-refractivity contribution in [3.63, 3.8) is 0 Å². The molecule has 0 aliphatic heterocycles. The maximum Gasteiger partial charge on any atom is 0.315 e. The predicted octanol–water partition coefficient (Wildman–Crippen LogP) is 3.72. The molecule has 0 bridgehead atoms. The van der Waals surface area contributed by atoms with E-state index in [1.807, 2.05) is 35.7 Å². The molecule has 0 aliphatic rings. The Morgan fingerprint density at radius 1 is 1.22 bits per heavy atom. The molecule has 1 aromatic heterocycles. The van der Waals surface area contributed by atoms with E-state index in [9.17, 15) is 9.59 Å². The Morgan fingerprint density at radius 2 is 1.93 bits per heavy atom. The minimum atomic E-state index is -0.868. The number of rotatable bonds is 8. The quantitative estimate of drug-likeness (QED) is 0.642. The number of thiazole rings is 1. The summed E-state index contributed by atoms with van der Waals surface area (Å²) in [5, 5.41) is 17.5. The van der Waals surface area contributed by atoms with Crippen molar-refractivity contribution in [2.24, 2.45) is 0 Å². The van der Waals surface area contributed by atoms with Crippen LogP contribution in [0.3, 0.4) is 0 Å². The fourth-order valence-corrected chi connectivity index (χ4v) is 3.51. The van der Waals surface area contributed by atoms with E-state index in [-0.39, 0.29) is 23.9 Å².